The van der Waals surface area contributed by atoms with Crippen LogP contribution in [0.4, 0.5) is 5.69 Å². The number of fused-ring (bicyclic) bond motifs is 1. The highest BCUT2D eigenvalue weighted by Crippen LogP contribution is 2.21. The molecule has 0 spiro atoms. The summed E-state index contributed by atoms with van der Waals surface area (Å²) < 4.78 is 0. The van der Waals surface area contributed by atoms with Gasteiger partial charge in [0.2, 0.25) is 11.8 Å². The Morgan fingerprint density at radius 2 is 1.93 bits per heavy atom. The van der Waals surface area contributed by atoms with Crippen molar-refractivity contribution in [1.29, 1.82) is 0 Å². The maximum Gasteiger partial charge on any atom is 0.251 e. The third-order valence-corrected chi connectivity index (χ3v) is 5.17. The van der Waals surface area contributed by atoms with Gasteiger partial charge in [-0.25, -0.2) is 4.98 Å². The summed E-state index contributed by atoms with van der Waals surface area (Å²) in [4.78, 5) is 47.4. The van der Waals surface area contributed by atoms with Crippen LogP contribution in [0.2, 0.25) is 0 Å². The molecule has 2 heterocycles. The minimum Gasteiger partial charge on any atom is -0.343 e. The molecule has 0 radical (unpaired) electrons. The van der Waals surface area contributed by atoms with Crippen LogP contribution >= 0.6 is 0 Å². The van der Waals surface area contributed by atoms with E-state index in [1.165, 1.54) is 4.90 Å². The largest absolute Gasteiger partial charge is 0.343 e. The Bertz CT molecular complexity index is 1060. The first-order valence-electron chi connectivity index (χ1n) is 9.87. The summed E-state index contributed by atoms with van der Waals surface area (Å²) in [6, 6.07) is 14.5. The summed E-state index contributed by atoms with van der Waals surface area (Å²) in [5, 5.41) is 2.65. The lowest BCUT2D eigenvalue weighted by Gasteiger charge is -2.17. The number of para-hydroxylation sites is 2. The second-order valence-corrected chi connectivity index (χ2v) is 7.33. The highest BCUT2D eigenvalue weighted by atomic mass is 16.2. The molecule has 8 heteroatoms. The van der Waals surface area contributed by atoms with Gasteiger partial charge in [-0.15, -0.1) is 0 Å². The average molecular weight is 405 g/mol. The Hall–Kier alpha value is -3.68. The Morgan fingerprint density at radius 1 is 1.17 bits per heavy atom. The molecule has 0 saturated carbocycles. The Kier molecular flexibility index (Phi) is 5.47. The summed E-state index contributed by atoms with van der Waals surface area (Å²) in [5.74, 6) is 0.235. The molecular weight excluding hydrogens is 382 g/mol. The topological polar surface area (TPSA) is 98.4 Å². The molecule has 154 valence electrons. The molecule has 3 amide bonds. The fraction of sp³-hybridized carbons (Fsp3) is 0.273. The molecule has 0 aliphatic carbocycles. The van der Waals surface area contributed by atoms with E-state index in [0.29, 0.717) is 30.9 Å². The Balaban J connectivity index is 1.30. The maximum absolute atomic E-state index is 12.4. The van der Waals surface area contributed by atoms with E-state index >= 15 is 0 Å². The zero-order valence-corrected chi connectivity index (χ0v) is 16.7. The van der Waals surface area contributed by atoms with Crippen molar-refractivity contribution in [3.05, 3.63) is 59.9 Å². The molecule has 0 unspecified atom stereocenters. The van der Waals surface area contributed by atoms with E-state index in [1.807, 2.05) is 24.3 Å². The van der Waals surface area contributed by atoms with Crippen LogP contribution in [0.3, 0.4) is 0 Å². The van der Waals surface area contributed by atoms with Crippen LogP contribution in [0.5, 0.6) is 0 Å². The molecule has 30 heavy (non-hydrogen) atoms. The number of anilines is 1. The summed E-state index contributed by atoms with van der Waals surface area (Å²) >= 11 is 0. The number of benzene rings is 2. The van der Waals surface area contributed by atoms with Gasteiger partial charge < -0.3 is 20.1 Å². The van der Waals surface area contributed by atoms with E-state index in [2.05, 4.69) is 15.3 Å². The van der Waals surface area contributed by atoms with Gasteiger partial charge in [0.05, 0.1) is 24.1 Å². The summed E-state index contributed by atoms with van der Waals surface area (Å²) in [6.45, 7) is 0.917. The first kappa shape index (κ1) is 19.6. The van der Waals surface area contributed by atoms with E-state index in [4.69, 9.17) is 0 Å². The van der Waals surface area contributed by atoms with E-state index in [0.717, 1.165) is 23.1 Å². The summed E-state index contributed by atoms with van der Waals surface area (Å²) in [5.41, 5.74) is 3.00. The number of amides is 3. The van der Waals surface area contributed by atoms with Crippen LogP contribution < -0.4 is 10.2 Å². The highest BCUT2D eigenvalue weighted by Gasteiger charge is 2.21. The number of aromatic amines is 1. The first-order chi connectivity index (χ1) is 14.5. The van der Waals surface area contributed by atoms with Crippen LogP contribution in [0.25, 0.3) is 11.0 Å². The molecule has 1 aromatic heterocycles. The molecule has 1 saturated heterocycles. The van der Waals surface area contributed by atoms with E-state index in [-0.39, 0.29) is 24.3 Å². The van der Waals surface area contributed by atoms with E-state index < -0.39 is 0 Å². The van der Waals surface area contributed by atoms with Crippen molar-refractivity contribution in [2.24, 2.45) is 0 Å². The second kappa shape index (κ2) is 8.36. The molecule has 1 aliphatic heterocycles. The smallest absolute Gasteiger partial charge is 0.251 e. The van der Waals surface area contributed by atoms with Crippen LogP contribution in [0, 0.1) is 0 Å². The lowest BCUT2D eigenvalue weighted by atomic mass is 10.2. The van der Waals surface area contributed by atoms with Crippen molar-refractivity contribution < 1.29 is 14.4 Å². The van der Waals surface area contributed by atoms with Gasteiger partial charge in [0, 0.05) is 31.3 Å². The van der Waals surface area contributed by atoms with Gasteiger partial charge in [0.1, 0.15) is 5.82 Å². The number of hydrogen-bond acceptors (Lipinski definition) is 4. The van der Waals surface area contributed by atoms with Gasteiger partial charge in [0.25, 0.3) is 5.91 Å². The number of H-pyrrole nitrogens is 1. The van der Waals surface area contributed by atoms with Crippen LogP contribution in [-0.4, -0.2) is 52.7 Å². The van der Waals surface area contributed by atoms with Gasteiger partial charge in [0.15, 0.2) is 0 Å². The van der Waals surface area contributed by atoms with E-state index in [9.17, 15) is 14.4 Å². The minimum absolute atomic E-state index is 0.102. The molecule has 1 fully saturated rings. The average Bonchev–Trinajstić information content (AvgIpc) is 3.37. The molecule has 3 aromatic rings. The van der Waals surface area contributed by atoms with Gasteiger partial charge in [-0.2, -0.15) is 0 Å². The van der Waals surface area contributed by atoms with Gasteiger partial charge in [-0.05, 0) is 42.8 Å². The van der Waals surface area contributed by atoms with Crippen molar-refractivity contribution >= 4 is 34.4 Å². The highest BCUT2D eigenvalue weighted by molar-refractivity contribution is 5.98. The second-order valence-electron chi connectivity index (χ2n) is 7.33. The lowest BCUT2D eigenvalue weighted by molar-refractivity contribution is -0.129. The Labute approximate surface area is 173 Å². The summed E-state index contributed by atoms with van der Waals surface area (Å²) in [7, 11) is 1.67. The maximum atomic E-state index is 12.4. The fourth-order valence-corrected chi connectivity index (χ4v) is 3.50. The third kappa shape index (κ3) is 4.17. The monoisotopic (exact) mass is 405 g/mol. The number of imidazole rings is 1. The van der Waals surface area contributed by atoms with Gasteiger partial charge in [-0.3, -0.25) is 14.4 Å². The number of nitrogens with zero attached hydrogens (tertiary/aromatic N) is 3. The molecule has 2 N–H and O–H groups in total. The van der Waals surface area contributed by atoms with Crippen molar-refractivity contribution in [2.45, 2.75) is 19.4 Å². The van der Waals surface area contributed by atoms with Crippen molar-refractivity contribution in [3.8, 4) is 0 Å². The molecule has 2 aromatic carbocycles. The number of rotatable bonds is 6. The summed E-state index contributed by atoms with van der Waals surface area (Å²) in [6.07, 6.45) is 1.41. The Morgan fingerprint density at radius 3 is 2.63 bits per heavy atom. The standard InChI is InChI=1S/C22H23N5O3/c1-26(14-19-24-17-5-2-3-6-18(17)25-19)21(29)13-23-22(30)15-8-10-16(11-9-15)27-12-4-7-20(27)28/h2-3,5-6,8-11H,4,7,12-14H2,1H3,(H,23,30)(H,24,25). The van der Waals surface area contributed by atoms with Crippen LogP contribution in [-0.2, 0) is 16.1 Å². The predicted molar refractivity (Wildman–Crippen MR) is 113 cm³/mol. The number of aromatic nitrogens is 2. The van der Waals surface area contributed by atoms with Gasteiger partial charge >= 0.3 is 0 Å². The van der Waals surface area contributed by atoms with Crippen molar-refractivity contribution in [2.75, 3.05) is 25.0 Å². The lowest BCUT2D eigenvalue weighted by Crippen LogP contribution is -2.38. The molecule has 8 nitrogen and oxygen atoms in total. The van der Waals surface area contributed by atoms with Crippen molar-refractivity contribution in [3.63, 3.8) is 0 Å². The van der Waals surface area contributed by atoms with Crippen LogP contribution in [0.1, 0.15) is 29.0 Å². The SMILES string of the molecule is CN(Cc1nc2ccccc2[nH]1)C(=O)CNC(=O)c1ccc(N2CCCC2=O)cc1. The van der Waals surface area contributed by atoms with Crippen LogP contribution in [0.15, 0.2) is 48.5 Å². The zero-order valence-electron chi connectivity index (χ0n) is 16.7. The minimum atomic E-state index is -0.334. The number of carbonyl (C=O) groups is 3. The van der Waals surface area contributed by atoms with Crippen molar-refractivity contribution in [1.82, 2.24) is 20.2 Å². The molecule has 0 atom stereocenters. The van der Waals surface area contributed by atoms with E-state index in [1.54, 1.807) is 36.2 Å². The normalized spacial score (nSPS) is 13.6. The molecule has 0 bridgehead atoms. The molecular formula is C22H23N5O3. The predicted octanol–water partition coefficient (Wildman–Crippen LogP) is 2.08. The fourth-order valence-electron chi connectivity index (χ4n) is 3.50. The number of nitrogens with one attached hydrogen (secondary N) is 2. The molecule has 1 aliphatic rings. The quantitative estimate of drug-likeness (QED) is 0.656. The first-order valence-corrected chi connectivity index (χ1v) is 9.87. The zero-order chi connectivity index (χ0) is 21.1. The van der Waals surface area contributed by atoms with Gasteiger partial charge in [-0.1, -0.05) is 12.1 Å². The number of carbonyl (C=O) groups excluding carboxylic acids is 3. The third-order valence-electron chi connectivity index (χ3n) is 5.17. The number of likely N-dealkylation sites (N-methyl/N-ethyl adjacent to an activating group) is 1. The number of hydrogen-bond donors (Lipinski definition) is 2. The molecule has 4 rings (SSSR count).